The summed E-state index contributed by atoms with van der Waals surface area (Å²) in [6.07, 6.45) is 8.61. The van der Waals surface area contributed by atoms with Gasteiger partial charge in [0.25, 0.3) is 10.1 Å². The van der Waals surface area contributed by atoms with Crippen molar-refractivity contribution in [1.82, 2.24) is 0 Å². The van der Waals surface area contributed by atoms with E-state index in [4.69, 9.17) is 14.2 Å². The monoisotopic (exact) mass is 718 g/mol. The Kier molecular flexibility index (Phi) is 15.7. The summed E-state index contributed by atoms with van der Waals surface area (Å²) >= 11 is 0. The van der Waals surface area contributed by atoms with Crippen molar-refractivity contribution in [2.75, 3.05) is 57.1 Å². The lowest BCUT2D eigenvalue weighted by molar-refractivity contribution is 0.0589. The van der Waals surface area contributed by atoms with E-state index in [1.54, 1.807) is 19.2 Å². The van der Waals surface area contributed by atoms with Crippen LogP contribution in [0.2, 0.25) is 0 Å². The second-order valence-electron chi connectivity index (χ2n) is 12.2. The summed E-state index contributed by atoms with van der Waals surface area (Å²) in [5, 5.41) is 3.09. The third kappa shape index (κ3) is 16.0. The van der Waals surface area contributed by atoms with Gasteiger partial charge in [0.1, 0.15) is 43.6 Å². The molecule has 51 heavy (non-hydrogen) atoms. The van der Waals surface area contributed by atoms with Crippen LogP contribution < -0.4 is 19.7 Å². The first-order valence-electron chi connectivity index (χ1n) is 16.3. The smallest absolute Gasteiger partial charge is 0.414 e. The molecular weight excluding hydrogens is 672 g/mol. The van der Waals surface area contributed by atoms with Gasteiger partial charge < -0.3 is 19.5 Å². The van der Waals surface area contributed by atoms with Gasteiger partial charge in [0.15, 0.2) is 0 Å². The Bertz CT molecular complexity index is 1800. The molecule has 0 unspecified atom stereocenters. The Morgan fingerprint density at radius 2 is 1.12 bits per heavy atom. The fraction of sp³-hybridized carbons (Fsp3) is 0.275. The van der Waals surface area contributed by atoms with Gasteiger partial charge in [0.2, 0.25) is 0 Å². The number of ether oxygens (including phenoxy) is 3. The molecule has 0 bridgehead atoms. The van der Waals surface area contributed by atoms with E-state index in [1.165, 1.54) is 4.90 Å². The third-order valence-corrected chi connectivity index (χ3v) is 7.43. The molecule has 4 aromatic rings. The van der Waals surface area contributed by atoms with Crippen LogP contribution in [-0.4, -0.2) is 67.0 Å². The van der Waals surface area contributed by atoms with Crippen molar-refractivity contribution in [3.8, 4) is 11.5 Å². The molecule has 4 rings (SSSR count). The molecule has 11 heteroatoms. The number of hydrogen-bond donors (Lipinski definition) is 1. The summed E-state index contributed by atoms with van der Waals surface area (Å²) < 4.78 is 54.4. The molecule has 4 aromatic carbocycles. The van der Waals surface area contributed by atoms with Crippen molar-refractivity contribution in [2.24, 2.45) is 0 Å². The molecule has 1 N–H and O–H groups in total. The summed E-state index contributed by atoms with van der Waals surface area (Å²) in [5.41, 5.74) is 5.48. The predicted octanol–water partition coefficient (Wildman–Crippen LogP) is 8.83. The highest BCUT2D eigenvalue weighted by molar-refractivity contribution is 7.85. The van der Waals surface area contributed by atoms with Crippen molar-refractivity contribution in [2.45, 2.75) is 26.4 Å². The van der Waals surface area contributed by atoms with Gasteiger partial charge in [-0.1, -0.05) is 72.8 Å². The average Bonchev–Trinajstić information content (AvgIpc) is 3.11. The largest absolute Gasteiger partial charge is 0.491 e. The van der Waals surface area contributed by atoms with Crippen LogP contribution in [0, 0.1) is 0 Å². The number of halogens is 1. The minimum absolute atomic E-state index is 0.0282. The van der Waals surface area contributed by atoms with E-state index in [0.29, 0.717) is 11.5 Å². The highest BCUT2D eigenvalue weighted by atomic mass is 32.2. The molecule has 0 aliphatic heterocycles. The number of carbonyl (C=O) groups is 1. The van der Waals surface area contributed by atoms with Crippen LogP contribution in [0.4, 0.5) is 20.6 Å². The van der Waals surface area contributed by atoms with E-state index in [0.717, 1.165) is 39.9 Å². The van der Waals surface area contributed by atoms with Crippen LogP contribution in [0.25, 0.3) is 24.3 Å². The molecule has 272 valence electrons. The first-order valence-corrected chi connectivity index (χ1v) is 18.1. The Labute approximate surface area is 301 Å². The van der Waals surface area contributed by atoms with Crippen LogP contribution in [0.3, 0.4) is 0 Å². The minimum atomic E-state index is -3.45. The summed E-state index contributed by atoms with van der Waals surface area (Å²) in [7, 11) is 0.124. The Balaban J connectivity index is 0.000000302. The number of carbonyl (C=O) groups excluding carboxylic acids is 1. The maximum Gasteiger partial charge on any atom is 0.414 e. The topological polar surface area (TPSA) is 103 Å². The second kappa shape index (κ2) is 19.9. The second-order valence-corrected chi connectivity index (χ2v) is 13.9. The normalized spacial score (nSPS) is 11.5. The van der Waals surface area contributed by atoms with Gasteiger partial charge >= 0.3 is 6.09 Å². The molecule has 0 aliphatic rings. The number of hydrogen-bond acceptors (Lipinski definition) is 8. The molecule has 0 spiro atoms. The number of rotatable bonds is 14. The van der Waals surface area contributed by atoms with E-state index >= 15 is 0 Å². The quantitative estimate of drug-likeness (QED) is 0.0784. The lowest BCUT2D eigenvalue weighted by atomic mass is 10.1. The summed E-state index contributed by atoms with van der Waals surface area (Å²) in [4.78, 5) is 13.6. The predicted molar refractivity (Wildman–Crippen MR) is 206 cm³/mol. The van der Waals surface area contributed by atoms with Gasteiger partial charge in [-0.3, -0.25) is 9.08 Å². The fourth-order valence-corrected chi connectivity index (χ4v) is 4.61. The summed E-state index contributed by atoms with van der Waals surface area (Å²) in [6, 6.07) is 30.7. The van der Waals surface area contributed by atoms with Crippen molar-refractivity contribution in [3.05, 3.63) is 119 Å². The maximum atomic E-state index is 12.2. The average molecular weight is 719 g/mol. The SMILES string of the molecule is CN(C(=O)OC(C)(C)C)c1ccc(/C=C/c2ccc(OCCOS(C)(=O)=O)cc2)cc1.CNc1ccc(/C=C/c2ccc(OCCF)cc2)cc1. The number of anilines is 2. The number of amides is 1. The van der Waals surface area contributed by atoms with Crippen LogP contribution in [-0.2, 0) is 19.0 Å². The Hall–Kier alpha value is -5.13. The van der Waals surface area contributed by atoms with E-state index < -0.39 is 28.5 Å². The molecule has 9 nitrogen and oxygen atoms in total. The standard InChI is InChI=1S/C23H29NO6S.C17H18FNO/c1-23(2,3)30-22(25)24(4)20-12-8-18(9-13-20)6-7-19-10-14-21(15-11-19)28-16-17-29-31(5,26)27;1-19-16-8-4-14(5-9-16)2-3-15-6-10-17(11-7-15)20-13-12-18/h6-15H,16-17H2,1-5H3;2-11,19H,12-13H2,1H3/b7-6+;3-2+. The van der Waals surface area contributed by atoms with E-state index in [2.05, 4.69) is 27.7 Å². The zero-order valence-electron chi connectivity index (χ0n) is 30.0. The Morgan fingerprint density at radius 3 is 1.51 bits per heavy atom. The zero-order valence-corrected chi connectivity index (χ0v) is 30.8. The van der Waals surface area contributed by atoms with E-state index in [1.807, 2.05) is 119 Å². The van der Waals surface area contributed by atoms with Crippen LogP contribution in [0.15, 0.2) is 97.1 Å². The Morgan fingerprint density at radius 1 is 0.706 bits per heavy atom. The molecule has 0 saturated carbocycles. The number of nitrogens with one attached hydrogen (secondary N) is 1. The van der Waals surface area contributed by atoms with Crippen molar-refractivity contribution < 1.29 is 36.0 Å². The van der Waals surface area contributed by atoms with E-state index in [-0.39, 0.29) is 19.8 Å². The molecule has 0 aliphatic carbocycles. The van der Waals surface area contributed by atoms with Gasteiger partial charge in [-0.15, -0.1) is 0 Å². The van der Waals surface area contributed by atoms with Crippen LogP contribution in [0.5, 0.6) is 11.5 Å². The maximum absolute atomic E-state index is 12.2. The fourth-order valence-electron chi connectivity index (χ4n) is 4.24. The lowest BCUT2D eigenvalue weighted by Gasteiger charge is -2.24. The molecule has 0 saturated heterocycles. The summed E-state index contributed by atoms with van der Waals surface area (Å²) in [5.74, 6) is 1.32. The first-order chi connectivity index (χ1) is 24.2. The number of alkyl halides is 1. The van der Waals surface area contributed by atoms with Crippen molar-refractivity contribution in [1.29, 1.82) is 0 Å². The minimum Gasteiger partial charge on any atom is -0.491 e. The van der Waals surface area contributed by atoms with E-state index in [9.17, 15) is 17.6 Å². The van der Waals surface area contributed by atoms with Crippen molar-refractivity contribution >= 4 is 51.9 Å². The number of nitrogens with zero attached hydrogens (tertiary/aromatic N) is 1. The third-order valence-electron chi connectivity index (χ3n) is 6.84. The molecular formula is C40H47FN2O7S. The molecule has 0 aromatic heterocycles. The highest BCUT2D eigenvalue weighted by Gasteiger charge is 2.20. The van der Waals surface area contributed by atoms with Gasteiger partial charge in [-0.05, 0) is 91.6 Å². The van der Waals surface area contributed by atoms with Crippen LogP contribution >= 0.6 is 0 Å². The highest BCUT2D eigenvalue weighted by Crippen LogP contribution is 2.20. The van der Waals surface area contributed by atoms with Gasteiger partial charge in [-0.2, -0.15) is 8.42 Å². The van der Waals surface area contributed by atoms with Gasteiger partial charge in [-0.25, -0.2) is 9.18 Å². The van der Waals surface area contributed by atoms with Crippen molar-refractivity contribution in [3.63, 3.8) is 0 Å². The number of benzene rings is 4. The molecule has 1 amide bonds. The molecule has 0 fully saturated rings. The first kappa shape index (κ1) is 40.3. The van der Waals surface area contributed by atoms with Crippen LogP contribution in [0.1, 0.15) is 43.0 Å². The molecule has 0 heterocycles. The van der Waals surface area contributed by atoms with Gasteiger partial charge in [0.05, 0.1) is 6.26 Å². The summed E-state index contributed by atoms with van der Waals surface area (Å²) in [6.45, 7) is 5.25. The zero-order chi connectivity index (χ0) is 37.3. The molecule has 0 radical (unpaired) electrons. The lowest BCUT2D eigenvalue weighted by Crippen LogP contribution is -2.34. The molecule has 0 atom stereocenters. The van der Waals surface area contributed by atoms with Gasteiger partial charge in [0, 0.05) is 25.5 Å².